The molecule has 2 amide bonds. The zero-order chi connectivity index (χ0) is 22.4. The van der Waals surface area contributed by atoms with E-state index in [2.05, 4.69) is 0 Å². The van der Waals surface area contributed by atoms with Crippen LogP contribution < -0.4 is 9.03 Å². The number of aliphatic hydroxyl groups excluding tert-OH is 1. The first-order valence-corrected chi connectivity index (χ1v) is 10.1. The Morgan fingerprint density at radius 3 is 2.63 bits per heavy atom. The van der Waals surface area contributed by atoms with E-state index in [1.807, 2.05) is 0 Å². The SMILES string of the molecule is CC(O)CCOC(=O)N1Cc2c(cc(O)c(N3CC(=O)NS3(=O)=O)c2F)C(F)(F)C1. The molecule has 1 saturated heterocycles. The maximum atomic E-state index is 15.1. The van der Waals surface area contributed by atoms with Gasteiger partial charge in [0.2, 0.25) is 0 Å². The van der Waals surface area contributed by atoms with E-state index < -0.39 is 82.3 Å². The number of ether oxygens (including phenoxy) is 1. The molecule has 2 aliphatic heterocycles. The lowest BCUT2D eigenvalue weighted by Gasteiger charge is -2.35. The van der Waals surface area contributed by atoms with E-state index in [9.17, 15) is 31.9 Å². The standard InChI is InChI=1S/C16H18F3N3O7S/c1-8(23)2-3-29-15(26)21-5-9-10(16(18,19)7-21)4-11(24)14(13(9)17)22-6-12(25)20-30(22,27)28/h4,8,23-24H,2-3,5-7H2,1H3,(H,20,25). The molecular formula is C16H18F3N3O7S. The molecule has 0 bridgehead atoms. The number of hydrogen-bond donors (Lipinski definition) is 3. The van der Waals surface area contributed by atoms with E-state index in [0.29, 0.717) is 11.0 Å². The second-order valence-electron chi connectivity index (χ2n) is 6.93. The van der Waals surface area contributed by atoms with E-state index in [-0.39, 0.29) is 17.3 Å². The molecular weight excluding hydrogens is 435 g/mol. The highest BCUT2D eigenvalue weighted by atomic mass is 32.2. The van der Waals surface area contributed by atoms with Crippen molar-refractivity contribution < 1.29 is 46.1 Å². The van der Waals surface area contributed by atoms with E-state index in [0.717, 1.165) is 0 Å². The molecule has 1 atom stereocenters. The Labute approximate surface area is 169 Å². The van der Waals surface area contributed by atoms with Crippen molar-refractivity contribution in [3.8, 4) is 5.75 Å². The number of carbonyl (C=O) groups excluding carboxylic acids is 2. The number of fused-ring (bicyclic) bond motifs is 1. The zero-order valence-corrected chi connectivity index (χ0v) is 16.4. The van der Waals surface area contributed by atoms with Gasteiger partial charge in [-0.25, -0.2) is 18.2 Å². The van der Waals surface area contributed by atoms with Crippen LogP contribution in [0.15, 0.2) is 6.07 Å². The number of halogens is 3. The molecule has 14 heteroatoms. The number of phenolic OH excluding ortho intramolecular Hbond substituents is 1. The van der Waals surface area contributed by atoms with Gasteiger partial charge >= 0.3 is 16.3 Å². The Balaban J connectivity index is 1.98. The fourth-order valence-electron chi connectivity index (χ4n) is 3.14. The van der Waals surface area contributed by atoms with E-state index >= 15 is 4.39 Å². The quantitative estimate of drug-likeness (QED) is 0.605. The van der Waals surface area contributed by atoms with Crippen LogP contribution in [-0.4, -0.2) is 61.3 Å². The molecule has 1 fully saturated rings. The van der Waals surface area contributed by atoms with Gasteiger partial charge in [-0.3, -0.25) is 9.69 Å². The number of rotatable bonds is 4. The molecule has 1 unspecified atom stereocenters. The molecule has 2 aliphatic rings. The third-order valence-corrected chi connectivity index (χ3v) is 5.92. The maximum Gasteiger partial charge on any atom is 0.410 e. The number of nitrogens with one attached hydrogen (secondary N) is 1. The van der Waals surface area contributed by atoms with Crippen LogP contribution in [-0.2, 0) is 32.2 Å². The lowest BCUT2D eigenvalue weighted by atomic mass is 9.94. The highest BCUT2D eigenvalue weighted by molar-refractivity contribution is 7.92. The number of aromatic hydroxyl groups is 1. The molecule has 3 N–H and O–H groups in total. The summed E-state index contributed by atoms with van der Waals surface area (Å²) in [6.07, 6.45) is -1.91. The largest absolute Gasteiger partial charge is 0.506 e. The van der Waals surface area contributed by atoms with Gasteiger partial charge in [-0.15, -0.1) is 0 Å². The Hall–Kier alpha value is -2.74. The lowest BCUT2D eigenvalue weighted by Crippen LogP contribution is -2.45. The van der Waals surface area contributed by atoms with Crippen molar-refractivity contribution in [2.45, 2.75) is 31.9 Å². The minimum atomic E-state index is -4.52. The summed E-state index contributed by atoms with van der Waals surface area (Å²) in [4.78, 5) is 24.0. The van der Waals surface area contributed by atoms with E-state index in [1.165, 1.54) is 6.92 Å². The fraction of sp³-hybridized carbons (Fsp3) is 0.500. The summed E-state index contributed by atoms with van der Waals surface area (Å²) < 4.78 is 74.8. The van der Waals surface area contributed by atoms with Crippen LogP contribution in [0.4, 0.5) is 23.7 Å². The van der Waals surface area contributed by atoms with Crippen molar-refractivity contribution in [2.24, 2.45) is 0 Å². The molecule has 3 rings (SSSR count). The van der Waals surface area contributed by atoms with E-state index in [4.69, 9.17) is 9.84 Å². The first-order chi connectivity index (χ1) is 13.8. The van der Waals surface area contributed by atoms with Gasteiger partial charge in [0.15, 0.2) is 5.82 Å². The molecule has 30 heavy (non-hydrogen) atoms. The topological polar surface area (TPSA) is 136 Å². The van der Waals surface area contributed by atoms with Gasteiger partial charge < -0.3 is 14.9 Å². The van der Waals surface area contributed by atoms with Crippen molar-refractivity contribution in [1.29, 1.82) is 0 Å². The molecule has 0 radical (unpaired) electrons. The lowest BCUT2D eigenvalue weighted by molar-refractivity contribution is -0.117. The predicted molar refractivity (Wildman–Crippen MR) is 94.4 cm³/mol. The van der Waals surface area contributed by atoms with Gasteiger partial charge in [0.25, 0.3) is 11.8 Å². The fourth-order valence-corrected chi connectivity index (χ4v) is 4.30. The number of nitrogens with zero attached hydrogens (tertiary/aromatic N) is 2. The Kier molecular flexibility index (Phi) is 5.49. The zero-order valence-electron chi connectivity index (χ0n) is 15.6. The number of alkyl halides is 2. The average molecular weight is 453 g/mol. The smallest absolute Gasteiger partial charge is 0.410 e. The van der Waals surface area contributed by atoms with Gasteiger partial charge in [0, 0.05) is 17.5 Å². The Morgan fingerprint density at radius 1 is 1.40 bits per heavy atom. The summed E-state index contributed by atoms with van der Waals surface area (Å²) in [6.45, 7) is -1.52. The summed E-state index contributed by atoms with van der Waals surface area (Å²) in [5.74, 6) is -7.38. The molecule has 1 aromatic rings. The number of carbonyl (C=O) groups is 2. The molecule has 0 aromatic heterocycles. The molecule has 0 aliphatic carbocycles. The highest BCUT2D eigenvalue weighted by Gasteiger charge is 2.46. The number of anilines is 1. The molecule has 166 valence electrons. The monoisotopic (exact) mass is 453 g/mol. The third kappa shape index (κ3) is 3.96. The van der Waals surface area contributed by atoms with Gasteiger partial charge in [-0.05, 0) is 13.0 Å². The van der Waals surface area contributed by atoms with Crippen molar-refractivity contribution in [3.63, 3.8) is 0 Å². The van der Waals surface area contributed by atoms with Crippen LogP contribution in [0.1, 0.15) is 24.5 Å². The first kappa shape index (κ1) is 22.0. The van der Waals surface area contributed by atoms with Crippen molar-refractivity contribution >= 4 is 27.9 Å². The molecule has 2 heterocycles. The van der Waals surface area contributed by atoms with Gasteiger partial charge in [-0.1, -0.05) is 0 Å². The molecule has 0 saturated carbocycles. The predicted octanol–water partition coefficient (Wildman–Crippen LogP) is 0.527. The van der Waals surface area contributed by atoms with Crippen LogP contribution in [0.2, 0.25) is 0 Å². The third-order valence-electron chi connectivity index (χ3n) is 4.54. The van der Waals surface area contributed by atoms with E-state index in [1.54, 1.807) is 4.72 Å². The summed E-state index contributed by atoms with van der Waals surface area (Å²) in [5.41, 5.74) is -2.61. The summed E-state index contributed by atoms with van der Waals surface area (Å²) in [6, 6.07) is 0.516. The van der Waals surface area contributed by atoms with Gasteiger partial charge in [-0.2, -0.15) is 17.2 Å². The van der Waals surface area contributed by atoms with Crippen LogP contribution in [0.5, 0.6) is 5.75 Å². The van der Waals surface area contributed by atoms with Crippen LogP contribution in [0, 0.1) is 5.82 Å². The minimum absolute atomic E-state index is 0.0623. The second-order valence-corrected chi connectivity index (χ2v) is 8.53. The number of amides is 2. The number of aliphatic hydroxyl groups is 1. The van der Waals surface area contributed by atoms with Crippen molar-refractivity contribution in [1.82, 2.24) is 9.62 Å². The minimum Gasteiger partial charge on any atom is -0.506 e. The van der Waals surface area contributed by atoms with Crippen LogP contribution in [0.3, 0.4) is 0 Å². The summed E-state index contributed by atoms with van der Waals surface area (Å²) >= 11 is 0. The number of benzene rings is 1. The second kappa shape index (κ2) is 7.50. The molecule has 1 aromatic carbocycles. The van der Waals surface area contributed by atoms with Gasteiger partial charge in [0.1, 0.15) is 18.0 Å². The van der Waals surface area contributed by atoms with Crippen molar-refractivity contribution in [2.75, 3.05) is 24.0 Å². The normalized spacial score (nSPS) is 20.5. The first-order valence-electron chi connectivity index (χ1n) is 8.69. The average Bonchev–Trinajstić information content (AvgIpc) is 2.87. The Morgan fingerprint density at radius 2 is 2.07 bits per heavy atom. The number of phenols is 1. The van der Waals surface area contributed by atoms with Crippen molar-refractivity contribution in [3.05, 3.63) is 23.0 Å². The van der Waals surface area contributed by atoms with Crippen LogP contribution >= 0.6 is 0 Å². The summed E-state index contributed by atoms with van der Waals surface area (Å²) in [5, 5.41) is 19.2. The van der Waals surface area contributed by atoms with Crippen LogP contribution in [0.25, 0.3) is 0 Å². The summed E-state index contributed by atoms with van der Waals surface area (Å²) in [7, 11) is -4.52. The van der Waals surface area contributed by atoms with Gasteiger partial charge in [0.05, 0.1) is 25.8 Å². The molecule has 0 spiro atoms. The highest BCUT2D eigenvalue weighted by Crippen LogP contribution is 2.45. The molecule has 10 nitrogen and oxygen atoms in total. The Bertz CT molecular complexity index is 1000. The maximum absolute atomic E-state index is 15.1. The number of hydrogen-bond acceptors (Lipinski definition) is 7.